The fourth-order valence-corrected chi connectivity index (χ4v) is 3.44. The first-order chi connectivity index (χ1) is 11.7. The molecule has 0 unspecified atom stereocenters. The number of benzene rings is 2. The van der Waals surface area contributed by atoms with Crippen LogP contribution in [0.4, 0.5) is 5.69 Å². The van der Waals surface area contributed by atoms with Crippen LogP contribution in [-0.4, -0.2) is 37.7 Å². The van der Waals surface area contributed by atoms with E-state index >= 15 is 0 Å². The molecular weight excluding hydrogens is 374 g/mol. The Hall–Kier alpha value is -2.78. The van der Waals surface area contributed by atoms with E-state index in [1.165, 1.54) is 31.4 Å². The lowest BCUT2D eigenvalue weighted by molar-refractivity contribution is 0.0686. The molecule has 132 valence electrons. The highest BCUT2D eigenvalue weighted by Crippen LogP contribution is 2.30. The van der Waals surface area contributed by atoms with Gasteiger partial charge in [0.1, 0.15) is 10.6 Å². The first-order valence-electron chi connectivity index (χ1n) is 6.62. The van der Waals surface area contributed by atoms with E-state index in [1.54, 1.807) is 0 Å². The summed E-state index contributed by atoms with van der Waals surface area (Å²) in [5.41, 5.74) is -0.593. The minimum absolute atomic E-state index is 0.0260. The minimum Gasteiger partial charge on any atom is -0.495 e. The van der Waals surface area contributed by atoms with Crippen molar-refractivity contribution < 1.29 is 33.0 Å². The summed E-state index contributed by atoms with van der Waals surface area (Å²) >= 11 is 5.90. The number of hydrogen-bond acceptors (Lipinski definition) is 5. The molecule has 0 atom stereocenters. The molecule has 0 aromatic heterocycles. The topological polar surface area (TPSA) is 130 Å². The standard InChI is InChI=1S/C15H12ClNO7S/c1-24-12-5-3-9(15(20)21)7-13(12)25(22,23)17-11-6-8(14(18)19)2-4-10(11)16/h2-7,17H,1H3,(H,18,19)(H,20,21). The molecular formula is C15H12ClNO7S. The van der Waals surface area contributed by atoms with E-state index in [0.717, 1.165) is 12.1 Å². The first-order valence-corrected chi connectivity index (χ1v) is 8.49. The Kier molecular flexibility index (Phi) is 5.19. The van der Waals surface area contributed by atoms with Gasteiger partial charge in [0.05, 0.1) is 28.9 Å². The molecule has 0 aliphatic heterocycles. The van der Waals surface area contributed by atoms with Crippen molar-refractivity contribution in [3.8, 4) is 5.75 Å². The second-order valence-electron chi connectivity index (χ2n) is 4.78. The number of ether oxygens (including phenoxy) is 1. The van der Waals surface area contributed by atoms with Crippen molar-refractivity contribution in [2.75, 3.05) is 11.8 Å². The highest BCUT2D eigenvalue weighted by atomic mass is 35.5. The largest absolute Gasteiger partial charge is 0.495 e. The van der Waals surface area contributed by atoms with Crippen LogP contribution in [-0.2, 0) is 10.0 Å². The van der Waals surface area contributed by atoms with E-state index in [4.69, 9.17) is 26.6 Å². The average Bonchev–Trinajstić information content (AvgIpc) is 2.55. The maximum absolute atomic E-state index is 12.6. The highest BCUT2D eigenvalue weighted by molar-refractivity contribution is 7.92. The number of carboxylic acids is 2. The molecule has 0 aliphatic rings. The molecule has 0 spiro atoms. The number of methoxy groups -OCH3 is 1. The van der Waals surface area contributed by atoms with E-state index in [2.05, 4.69) is 4.72 Å². The van der Waals surface area contributed by atoms with Crippen LogP contribution in [0.1, 0.15) is 20.7 Å². The van der Waals surface area contributed by atoms with Crippen molar-refractivity contribution in [3.63, 3.8) is 0 Å². The van der Waals surface area contributed by atoms with Crippen LogP contribution in [0.25, 0.3) is 0 Å². The molecule has 8 nitrogen and oxygen atoms in total. The van der Waals surface area contributed by atoms with E-state index in [0.29, 0.717) is 0 Å². The third kappa shape index (κ3) is 4.01. The molecule has 0 fully saturated rings. The van der Waals surface area contributed by atoms with Gasteiger partial charge in [-0.25, -0.2) is 18.0 Å². The zero-order chi connectivity index (χ0) is 18.8. The normalized spacial score (nSPS) is 11.0. The lowest BCUT2D eigenvalue weighted by atomic mass is 10.2. The maximum atomic E-state index is 12.6. The van der Waals surface area contributed by atoms with Gasteiger partial charge in [-0.15, -0.1) is 0 Å². The van der Waals surface area contributed by atoms with Crippen LogP contribution in [0.15, 0.2) is 41.3 Å². The molecule has 0 saturated heterocycles. The number of carbonyl (C=O) groups is 2. The molecule has 2 aromatic carbocycles. The third-order valence-corrected chi connectivity index (χ3v) is 4.87. The van der Waals surface area contributed by atoms with Crippen molar-refractivity contribution >= 4 is 39.3 Å². The van der Waals surface area contributed by atoms with Gasteiger partial charge in [0.25, 0.3) is 10.0 Å². The Balaban J connectivity index is 2.53. The van der Waals surface area contributed by atoms with Gasteiger partial charge in [-0.05, 0) is 36.4 Å². The zero-order valence-electron chi connectivity index (χ0n) is 12.7. The van der Waals surface area contributed by atoms with Gasteiger partial charge in [0.2, 0.25) is 0 Å². The predicted molar refractivity (Wildman–Crippen MR) is 89.2 cm³/mol. The smallest absolute Gasteiger partial charge is 0.335 e. The third-order valence-electron chi connectivity index (χ3n) is 3.16. The number of anilines is 1. The number of sulfonamides is 1. The summed E-state index contributed by atoms with van der Waals surface area (Å²) in [7, 11) is -3.06. The zero-order valence-corrected chi connectivity index (χ0v) is 14.3. The summed E-state index contributed by atoms with van der Waals surface area (Å²) in [5.74, 6) is -2.66. The Morgan fingerprint density at radius 2 is 1.60 bits per heavy atom. The second kappa shape index (κ2) is 6.99. The Morgan fingerprint density at radius 3 is 2.16 bits per heavy atom. The fourth-order valence-electron chi connectivity index (χ4n) is 1.96. The van der Waals surface area contributed by atoms with Crippen LogP contribution in [0, 0.1) is 0 Å². The van der Waals surface area contributed by atoms with Gasteiger partial charge >= 0.3 is 11.9 Å². The van der Waals surface area contributed by atoms with Crippen LogP contribution in [0.2, 0.25) is 5.02 Å². The summed E-state index contributed by atoms with van der Waals surface area (Å²) < 4.78 is 32.3. The molecule has 0 amide bonds. The second-order valence-corrected chi connectivity index (χ2v) is 6.83. The molecule has 0 aliphatic carbocycles. The van der Waals surface area contributed by atoms with Crippen molar-refractivity contribution in [1.29, 1.82) is 0 Å². The van der Waals surface area contributed by atoms with Gasteiger partial charge in [0, 0.05) is 0 Å². The van der Waals surface area contributed by atoms with Gasteiger partial charge in [-0.2, -0.15) is 0 Å². The van der Waals surface area contributed by atoms with E-state index in [1.807, 2.05) is 0 Å². The molecule has 25 heavy (non-hydrogen) atoms. The Bertz CT molecular complexity index is 956. The van der Waals surface area contributed by atoms with Crippen molar-refractivity contribution in [2.24, 2.45) is 0 Å². The molecule has 0 saturated carbocycles. The molecule has 3 N–H and O–H groups in total. The lowest BCUT2D eigenvalue weighted by Crippen LogP contribution is -2.16. The molecule has 0 bridgehead atoms. The fraction of sp³-hybridized carbons (Fsp3) is 0.0667. The van der Waals surface area contributed by atoms with Crippen LogP contribution in [0.5, 0.6) is 5.75 Å². The summed E-state index contributed by atoms with van der Waals surface area (Å²) in [6.07, 6.45) is 0. The van der Waals surface area contributed by atoms with Crippen molar-refractivity contribution in [1.82, 2.24) is 0 Å². The SMILES string of the molecule is COc1ccc(C(=O)O)cc1S(=O)(=O)Nc1cc(C(=O)O)ccc1Cl. The number of aromatic carboxylic acids is 2. The number of carboxylic acid groups (broad SMARTS) is 2. The summed E-state index contributed by atoms with van der Waals surface area (Å²) in [5, 5.41) is 18.0. The monoisotopic (exact) mass is 385 g/mol. The highest BCUT2D eigenvalue weighted by Gasteiger charge is 2.23. The number of nitrogens with one attached hydrogen (secondary N) is 1. The van der Waals surface area contributed by atoms with Crippen LogP contribution < -0.4 is 9.46 Å². The van der Waals surface area contributed by atoms with Crippen LogP contribution >= 0.6 is 11.6 Å². The Morgan fingerprint density at radius 1 is 1.04 bits per heavy atom. The van der Waals surface area contributed by atoms with E-state index < -0.39 is 26.9 Å². The van der Waals surface area contributed by atoms with E-state index in [-0.39, 0.29) is 27.6 Å². The predicted octanol–water partition coefficient (Wildman–Crippen LogP) is 2.55. The average molecular weight is 386 g/mol. The minimum atomic E-state index is -4.29. The van der Waals surface area contributed by atoms with Crippen LogP contribution in [0.3, 0.4) is 0 Å². The van der Waals surface area contributed by atoms with Gasteiger partial charge in [-0.1, -0.05) is 11.6 Å². The molecule has 0 heterocycles. The number of rotatable bonds is 6. The number of halogens is 1. The molecule has 2 aromatic rings. The quantitative estimate of drug-likeness (QED) is 0.696. The van der Waals surface area contributed by atoms with Gasteiger partial charge < -0.3 is 14.9 Å². The molecule has 10 heteroatoms. The van der Waals surface area contributed by atoms with Gasteiger partial charge in [-0.3, -0.25) is 4.72 Å². The summed E-state index contributed by atoms with van der Waals surface area (Å²) in [6.45, 7) is 0. The Labute approximate surface area is 147 Å². The summed E-state index contributed by atoms with van der Waals surface area (Å²) in [4.78, 5) is 21.7. The van der Waals surface area contributed by atoms with Crippen molar-refractivity contribution in [3.05, 3.63) is 52.5 Å². The summed E-state index contributed by atoms with van der Waals surface area (Å²) in [6, 6.07) is 6.82. The maximum Gasteiger partial charge on any atom is 0.335 e. The molecule has 2 rings (SSSR count). The van der Waals surface area contributed by atoms with Crippen molar-refractivity contribution in [2.45, 2.75) is 4.90 Å². The van der Waals surface area contributed by atoms with Gasteiger partial charge in [0.15, 0.2) is 0 Å². The van der Waals surface area contributed by atoms with E-state index in [9.17, 15) is 18.0 Å². The lowest BCUT2D eigenvalue weighted by Gasteiger charge is -2.13. The molecule has 0 radical (unpaired) electrons. The first kappa shape index (κ1) is 18.6. The number of hydrogen-bond donors (Lipinski definition) is 3.